The maximum Gasteiger partial charge on any atom is 0.379 e. The zero-order valence-corrected chi connectivity index (χ0v) is 12.1. The fourth-order valence-corrected chi connectivity index (χ4v) is 2.17. The Morgan fingerprint density at radius 1 is 1.40 bits per heavy atom. The highest BCUT2D eigenvalue weighted by atomic mass is 35.5. The van der Waals surface area contributed by atoms with Gasteiger partial charge in [0.25, 0.3) is 5.78 Å². The van der Waals surface area contributed by atoms with E-state index in [1.807, 2.05) is 7.05 Å². The lowest BCUT2D eigenvalue weighted by molar-refractivity contribution is -0.137. The lowest BCUT2D eigenvalue weighted by Gasteiger charge is -2.36. The van der Waals surface area contributed by atoms with Gasteiger partial charge in [0.15, 0.2) is 0 Å². The first-order valence-corrected chi connectivity index (χ1v) is 6.75. The van der Waals surface area contributed by atoms with Gasteiger partial charge in [-0.2, -0.15) is 0 Å². The van der Waals surface area contributed by atoms with Gasteiger partial charge >= 0.3 is 5.97 Å². The van der Waals surface area contributed by atoms with Crippen LogP contribution in [0, 0.1) is 0 Å². The quantitative estimate of drug-likeness (QED) is 0.471. The van der Waals surface area contributed by atoms with Crippen LogP contribution in [-0.4, -0.2) is 49.5 Å². The molecule has 0 aliphatic carbocycles. The van der Waals surface area contributed by atoms with E-state index >= 15 is 0 Å². The van der Waals surface area contributed by atoms with Crippen LogP contribution in [0.5, 0.6) is 5.75 Å². The first-order chi connectivity index (χ1) is 9.51. The zero-order chi connectivity index (χ0) is 14.7. The molecule has 1 aromatic carbocycles. The third-order valence-electron chi connectivity index (χ3n) is 2.98. The summed E-state index contributed by atoms with van der Waals surface area (Å²) in [5.41, 5.74) is 0.200. The molecule has 0 bridgehead atoms. The summed E-state index contributed by atoms with van der Waals surface area (Å²) in [6.45, 7) is 3.50. The molecule has 0 saturated carbocycles. The number of ether oxygens (including phenoxy) is 2. The van der Waals surface area contributed by atoms with Crippen LogP contribution in [-0.2, 0) is 9.53 Å². The molecule has 1 fully saturated rings. The fourth-order valence-electron chi connectivity index (χ4n) is 1.95. The summed E-state index contributed by atoms with van der Waals surface area (Å²) in [5.74, 6) is -1.06. The molecule has 1 aliphatic heterocycles. The van der Waals surface area contributed by atoms with Crippen molar-refractivity contribution < 1.29 is 19.1 Å². The number of likely N-dealkylation sites (tertiary alicyclic amines) is 1. The zero-order valence-electron chi connectivity index (χ0n) is 11.4. The van der Waals surface area contributed by atoms with E-state index in [1.165, 1.54) is 12.1 Å². The monoisotopic (exact) mass is 297 g/mol. The molecule has 0 spiro atoms. The predicted octanol–water partition coefficient (Wildman–Crippen LogP) is 1.78. The van der Waals surface area contributed by atoms with Crippen molar-refractivity contribution in [3.8, 4) is 5.75 Å². The average molecular weight is 298 g/mol. The van der Waals surface area contributed by atoms with Crippen LogP contribution in [0.4, 0.5) is 0 Å². The molecule has 0 unspecified atom stereocenters. The van der Waals surface area contributed by atoms with Crippen LogP contribution >= 0.6 is 11.6 Å². The Balaban J connectivity index is 2.05. The van der Waals surface area contributed by atoms with E-state index in [4.69, 9.17) is 16.3 Å². The van der Waals surface area contributed by atoms with Crippen molar-refractivity contribution in [2.75, 3.05) is 26.7 Å². The lowest BCUT2D eigenvalue weighted by Crippen LogP contribution is -2.51. The molecule has 6 heteroatoms. The van der Waals surface area contributed by atoms with Gasteiger partial charge in [-0.05, 0) is 32.2 Å². The van der Waals surface area contributed by atoms with Gasteiger partial charge in [-0.1, -0.05) is 11.6 Å². The molecule has 1 aromatic rings. The van der Waals surface area contributed by atoms with Gasteiger partial charge in [-0.3, -0.25) is 9.69 Å². The van der Waals surface area contributed by atoms with E-state index in [1.54, 1.807) is 13.0 Å². The van der Waals surface area contributed by atoms with Crippen LogP contribution in [0.15, 0.2) is 18.2 Å². The lowest BCUT2D eigenvalue weighted by atomic mass is 10.1. The van der Waals surface area contributed by atoms with Crippen LogP contribution in [0.25, 0.3) is 0 Å². The second-order valence-corrected chi connectivity index (χ2v) is 5.06. The Morgan fingerprint density at radius 2 is 2.10 bits per heavy atom. The predicted molar refractivity (Wildman–Crippen MR) is 74.3 cm³/mol. The second-order valence-electron chi connectivity index (χ2n) is 4.66. The molecule has 0 radical (unpaired) electrons. The number of hydrogen-bond acceptors (Lipinski definition) is 5. The highest BCUT2D eigenvalue weighted by Crippen LogP contribution is 2.28. The molecule has 20 heavy (non-hydrogen) atoms. The molecule has 1 saturated heterocycles. The van der Waals surface area contributed by atoms with Crippen molar-refractivity contribution in [2.45, 2.75) is 13.0 Å². The Labute approximate surface area is 122 Å². The van der Waals surface area contributed by atoms with Gasteiger partial charge in [0.1, 0.15) is 11.9 Å². The molecule has 2 rings (SSSR count). The topological polar surface area (TPSA) is 55.8 Å². The van der Waals surface area contributed by atoms with E-state index in [2.05, 4.69) is 9.64 Å². The number of esters is 1. The molecule has 1 heterocycles. The minimum absolute atomic E-state index is 0.115. The summed E-state index contributed by atoms with van der Waals surface area (Å²) >= 11 is 6.07. The summed E-state index contributed by atoms with van der Waals surface area (Å²) in [5, 5.41) is 0.315. The number of rotatable bonds is 5. The summed E-state index contributed by atoms with van der Waals surface area (Å²) in [4.78, 5) is 25.2. The van der Waals surface area contributed by atoms with E-state index in [-0.39, 0.29) is 18.3 Å². The normalized spacial score (nSPS) is 15.6. The highest BCUT2D eigenvalue weighted by Gasteiger charge is 2.26. The minimum Gasteiger partial charge on any atom is -0.486 e. The Kier molecular flexibility index (Phi) is 4.62. The van der Waals surface area contributed by atoms with Gasteiger partial charge in [-0.25, -0.2) is 4.79 Å². The van der Waals surface area contributed by atoms with E-state index in [9.17, 15) is 9.59 Å². The molecule has 0 aromatic heterocycles. The Bertz CT molecular complexity index is 526. The minimum atomic E-state index is -0.877. The van der Waals surface area contributed by atoms with E-state index in [0.717, 1.165) is 13.1 Å². The number of carbonyl (C=O) groups excluding carboxylic acids is 2. The van der Waals surface area contributed by atoms with Gasteiger partial charge in [0.2, 0.25) is 0 Å². The number of ketones is 1. The number of benzene rings is 1. The van der Waals surface area contributed by atoms with Gasteiger partial charge < -0.3 is 9.47 Å². The van der Waals surface area contributed by atoms with Crippen LogP contribution in [0.2, 0.25) is 5.02 Å². The summed E-state index contributed by atoms with van der Waals surface area (Å²) in [7, 11) is 2.00. The molecule has 1 aliphatic rings. The Hall–Kier alpha value is -1.59. The van der Waals surface area contributed by atoms with Crippen LogP contribution < -0.4 is 4.74 Å². The fraction of sp³-hybridized carbons (Fsp3) is 0.429. The Morgan fingerprint density at radius 3 is 2.65 bits per heavy atom. The van der Waals surface area contributed by atoms with Crippen LogP contribution in [0.3, 0.4) is 0 Å². The molecular weight excluding hydrogens is 282 g/mol. The summed E-state index contributed by atoms with van der Waals surface area (Å²) < 4.78 is 10.4. The smallest absolute Gasteiger partial charge is 0.379 e. The molecule has 0 atom stereocenters. The molecule has 108 valence electrons. The van der Waals surface area contributed by atoms with Crippen molar-refractivity contribution in [1.29, 1.82) is 0 Å². The molecule has 0 N–H and O–H groups in total. The van der Waals surface area contributed by atoms with E-state index in [0.29, 0.717) is 10.8 Å². The summed E-state index contributed by atoms with van der Waals surface area (Å²) in [6, 6.07) is 4.55. The van der Waals surface area contributed by atoms with Crippen molar-refractivity contribution in [3.63, 3.8) is 0 Å². The second kappa shape index (κ2) is 6.24. The standard InChI is InChI=1S/C14H16ClNO4/c1-3-19-14(18)13(17)9-4-5-12(11(15)6-9)20-10-7-16(2)8-10/h4-6,10H,3,7-8H2,1-2H3. The first-order valence-electron chi connectivity index (χ1n) is 6.37. The van der Waals surface area contributed by atoms with Gasteiger partial charge in [-0.15, -0.1) is 0 Å². The first kappa shape index (κ1) is 14.8. The largest absolute Gasteiger partial charge is 0.486 e. The van der Waals surface area contributed by atoms with Gasteiger partial charge in [0.05, 0.1) is 11.6 Å². The van der Waals surface area contributed by atoms with Crippen molar-refractivity contribution >= 4 is 23.4 Å². The van der Waals surface area contributed by atoms with Gasteiger partial charge in [0, 0.05) is 18.7 Å². The SMILES string of the molecule is CCOC(=O)C(=O)c1ccc(OC2CN(C)C2)c(Cl)c1. The third kappa shape index (κ3) is 3.29. The number of nitrogens with zero attached hydrogens (tertiary/aromatic N) is 1. The summed E-state index contributed by atoms with van der Waals surface area (Å²) in [6.07, 6.45) is 0.115. The number of likely N-dealkylation sites (N-methyl/N-ethyl adjacent to an activating group) is 1. The van der Waals surface area contributed by atoms with Crippen molar-refractivity contribution in [1.82, 2.24) is 4.90 Å². The number of carbonyl (C=O) groups is 2. The molecule has 5 nitrogen and oxygen atoms in total. The third-order valence-corrected chi connectivity index (χ3v) is 3.27. The number of hydrogen-bond donors (Lipinski definition) is 0. The maximum atomic E-state index is 11.7. The van der Waals surface area contributed by atoms with Crippen LogP contribution in [0.1, 0.15) is 17.3 Å². The van der Waals surface area contributed by atoms with Crippen molar-refractivity contribution in [2.24, 2.45) is 0 Å². The molecular formula is C14H16ClNO4. The molecule has 0 amide bonds. The highest BCUT2D eigenvalue weighted by molar-refractivity contribution is 6.41. The number of Topliss-reactive ketones (excluding diaryl/α,β-unsaturated/α-hetero) is 1. The average Bonchev–Trinajstić information content (AvgIpc) is 2.38. The van der Waals surface area contributed by atoms with E-state index < -0.39 is 11.8 Å². The van der Waals surface area contributed by atoms with Crippen molar-refractivity contribution in [3.05, 3.63) is 28.8 Å². The number of halogens is 1. The maximum absolute atomic E-state index is 11.7.